The van der Waals surface area contributed by atoms with Crippen molar-refractivity contribution in [2.75, 3.05) is 6.61 Å². The van der Waals surface area contributed by atoms with E-state index < -0.39 is 5.97 Å². The zero-order valence-electron chi connectivity index (χ0n) is 21.5. The van der Waals surface area contributed by atoms with Gasteiger partial charge in [0.25, 0.3) is 0 Å². The third-order valence-corrected chi connectivity index (χ3v) is 6.43. The van der Waals surface area contributed by atoms with Gasteiger partial charge in [-0.15, -0.1) is 5.11 Å². The Labute approximate surface area is 222 Å². The van der Waals surface area contributed by atoms with Gasteiger partial charge in [-0.1, -0.05) is 80.8 Å². The van der Waals surface area contributed by atoms with Gasteiger partial charge < -0.3 is 9.47 Å². The molecule has 5 aromatic carbocycles. The highest BCUT2D eigenvalue weighted by Gasteiger charge is 2.13. The summed E-state index contributed by atoms with van der Waals surface area (Å²) in [5.74, 6) is 0.811. The number of ether oxygens (including phenoxy) is 2. The van der Waals surface area contributed by atoms with E-state index in [2.05, 4.69) is 29.3 Å². The molecular weight excluding hydrogens is 472 g/mol. The Hall–Kier alpha value is -4.51. The number of azo groups is 1. The van der Waals surface area contributed by atoms with Gasteiger partial charge in [0.05, 0.1) is 23.5 Å². The van der Waals surface area contributed by atoms with Crippen molar-refractivity contribution in [2.24, 2.45) is 10.2 Å². The van der Waals surface area contributed by atoms with Crippen molar-refractivity contribution in [3.05, 3.63) is 109 Å². The van der Waals surface area contributed by atoms with E-state index in [0.29, 0.717) is 23.6 Å². The molecule has 0 spiro atoms. The highest BCUT2D eigenvalue weighted by molar-refractivity contribution is 5.99. The number of carbonyl (C=O) groups is 1. The second-order valence-corrected chi connectivity index (χ2v) is 9.18. The van der Waals surface area contributed by atoms with Crippen LogP contribution in [0.25, 0.3) is 21.5 Å². The summed E-state index contributed by atoms with van der Waals surface area (Å²) in [6.45, 7) is 2.87. The Morgan fingerprint density at radius 1 is 0.711 bits per heavy atom. The average Bonchev–Trinajstić information content (AvgIpc) is 2.97. The van der Waals surface area contributed by atoms with Crippen molar-refractivity contribution in [3.63, 3.8) is 0 Å². The van der Waals surface area contributed by atoms with Crippen molar-refractivity contribution in [1.82, 2.24) is 0 Å². The smallest absolute Gasteiger partial charge is 0.343 e. The third kappa shape index (κ3) is 6.06. The normalized spacial score (nSPS) is 11.3. The van der Waals surface area contributed by atoms with E-state index in [4.69, 9.17) is 9.47 Å². The zero-order valence-corrected chi connectivity index (χ0v) is 21.5. The summed E-state index contributed by atoms with van der Waals surface area (Å²) >= 11 is 0. The number of hydrogen-bond acceptors (Lipinski definition) is 5. The molecule has 190 valence electrons. The lowest BCUT2D eigenvalue weighted by atomic mass is 10.1. The number of nitrogens with zero attached hydrogens (tertiary/aromatic N) is 2. The first-order valence-corrected chi connectivity index (χ1v) is 13.1. The van der Waals surface area contributed by atoms with Crippen LogP contribution in [0.5, 0.6) is 11.5 Å². The number of esters is 1. The molecule has 5 nitrogen and oxygen atoms in total. The molecular formula is C33H30N2O3. The van der Waals surface area contributed by atoms with Crippen LogP contribution in [0.1, 0.15) is 43.0 Å². The van der Waals surface area contributed by atoms with Crippen molar-refractivity contribution < 1.29 is 14.3 Å². The molecule has 0 saturated carbocycles. The maximum atomic E-state index is 12.9. The minimum absolute atomic E-state index is 0.421. The molecule has 0 aliphatic carbocycles. The summed E-state index contributed by atoms with van der Waals surface area (Å²) in [6, 6.07) is 32.6. The predicted molar refractivity (Wildman–Crippen MR) is 153 cm³/mol. The number of fused-ring (bicyclic) bond motifs is 2. The molecule has 0 amide bonds. The van der Waals surface area contributed by atoms with Crippen LogP contribution in [0.3, 0.4) is 0 Å². The number of hydrogen-bond donors (Lipinski definition) is 0. The molecule has 0 aromatic heterocycles. The standard InChI is InChI=1S/C33H30N2O3/c1-2-3-4-9-22-37-28-18-15-25(16-19-28)33(36)38-32-21-20-31(29-12-7-8-13-30(29)32)35-34-27-17-14-24-10-5-6-11-26(24)23-27/h5-8,10-21,23H,2-4,9,22H2,1H3. The molecule has 0 radical (unpaired) electrons. The van der Waals surface area contributed by atoms with Crippen LogP contribution in [0.4, 0.5) is 11.4 Å². The number of carbonyl (C=O) groups excluding carboxylic acids is 1. The second kappa shape index (κ2) is 12.2. The van der Waals surface area contributed by atoms with E-state index in [1.165, 1.54) is 19.3 Å². The van der Waals surface area contributed by atoms with Gasteiger partial charge in [0.2, 0.25) is 0 Å². The molecule has 0 aliphatic heterocycles. The van der Waals surface area contributed by atoms with Gasteiger partial charge in [0.15, 0.2) is 0 Å². The van der Waals surface area contributed by atoms with E-state index in [0.717, 1.165) is 39.4 Å². The summed E-state index contributed by atoms with van der Waals surface area (Å²) in [5, 5.41) is 12.9. The molecule has 5 rings (SSSR count). The summed E-state index contributed by atoms with van der Waals surface area (Å²) < 4.78 is 11.6. The van der Waals surface area contributed by atoms with Gasteiger partial charge in [0.1, 0.15) is 11.5 Å². The molecule has 0 heterocycles. The molecule has 0 saturated heterocycles. The van der Waals surface area contributed by atoms with Gasteiger partial charge in [-0.2, -0.15) is 5.11 Å². The third-order valence-electron chi connectivity index (χ3n) is 6.43. The van der Waals surface area contributed by atoms with Crippen LogP contribution in [0.2, 0.25) is 0 Å². The number of rotatable bonds is 10. The maximum Gasteiger partial charge on any atom is 0.343 e. The van der Waals surface area contributed by atoms with E-state index in [-0.39, 0.29) is 0 Å². The maximum absolute atomic E-state index is 12.9. The van der Waals surface area contributed by atoms with Gasteiger partial charge >= 0.3 is 5.97 Å². The van der Waals surface area contributed by atoms with E-state index >= 15 is 0 Å². The van der Waals surface area contributed by atoms with Gasteiger partial charge in [-0.05, 0) is 65.7 Å². The van der Waals surface area contributed by atoms with Crippen LogP contribution in [-0.4, -0.2) is 12.6 Å². The van der Waals surface area contributed by atoms with E-state index in [1.807, 2.05) is 72.8 Å². The fraction of sp³-hybridized carbons (Fsp3) is 0.182. The molecule has 0 aliphatic rings. The van der Waals surface area contributed by atoms with Crippen molar-refractivity contribution in [3.8, 4) is 11.5 Å². The number of benzene rings is 5. The molecule has 38 heavy (non-hydrogen) atoms. The summed E-state index contributed by atoms with van der Waals surface area (Å²) in [6.07, 6.45) is 4.61. The van der Waals surface area contributed by atoms with Gasteiger partial charge in [0, 0.05) is 10.8 Å². The first-order valence-electron chi connectivity index (χ1n) is 13.1. The predicted octanol–water partition coefficient (Wildman–Crippen LogP) is 9.59. The monoisotopic (exact) mass is 502 g/mol. The highest BCUT2D eigenvalue weighted by atomic mass is 16.5. The van der Waals surface area contributed by atoms with E-state index in [1.54, 1.807) is 18.2 Å². The van der Waals surface area contributed by atoms with Crippen LogP contribution in [0.15, 0.2) is 113 Å². The summed E-state index contributed by atoms with van der Waals surface area (Å²) in [4.78, 5) is 12.9. The largest absolute Gasteiger partial charge is 0.494 e. The summed E-state index contributed by atoms with van der Waals surface area (Å²) in [7, 11) is 0. The first kappa shape index (κ1) is 25.2. The quantitative estimate of drug-likeness (QED) is 0.0826. The molecule has 5 aromatic rings. The van der Waals surface area contributed by atoms with E-state index in [9.17, 15) is 4.79 Å². The first-order chi connectivity index (χ1) is 18.7. The Bertz CT molecular complexity index is 1580. The van der Waals surface area contributed by atoms with Crippen molar-refractivity contribution >= 4 is 38.9 Å². The lowest BCUT2D eigenvalue weighted by Crippen LogP contribution is -2.08. The Morgan fingerprint density at radius 3 is 2.29 bits per heavy atom. The zero-order chi connectivity index (χ0) is 26.2. The average molecular weight is 503 g/mol. The SMILES string of the molecule is CCCCCCOc1ccc(C(=O)Oc2ccc(N=Nc3ccc4ccccc4c3)c3ccccc23)cc1. The van der Waals surface area contributed by atoms with Crippen LogP contribution in [-0.2, 0) is 0 Å². The van der Waals surface area contributed by atoms with Crippen molar-refractivity contribution in [2.45, 2.75) is 32.6 Å². The topological polar surface area (TPSA) is 60.2 Å². The lowest BCUT2D eigenvalue weighted by molar-refractivity contribution is 0.0737. The van der Waals surface area contributed by atoms with Crippen molar-refractivity contribution in [1.29, 1.82) is 0 Å². The Morgan fingerprint density at radius 2 is 1.47 bits per heavy atom. The summed E-state index contributed by atoms with van der Waals surface area (Å²) in [5.41, 5.74) is 1.94. The molecule has 0 bridgehead atoms. The Kier molecular flexibility index (Phi) is 8.04. The van der Waals surface area contributed by atoms with Gasteiger partial charge in [-0.3, -0.25) is 0 Å². The van der Waals surface area contributed by atoms with Gasteiger partial charge in [-0.25, -0.2) is 4.79 Å². The molecule has 0 fully saturated rings. The van der Waals surface area contributed by atoms with Crippen LogP contribution in [0, 0.1) is 0 Å². The Balaban J connectivity index is 1.30. The minimum Gasteiger partial charge on any atom is -0.494 e. The fourth-order valence-electron chi connectivity index (χ4n) is 4.35. The molecule has 5 heteroatoms. The molecule has 0 atom stereocenters. The number of unbranched alkanes of at least 4 members (excludes halogenated alkanes) is 3. The minimum atomic E-state index is -0.421. The fourth-order valence-corrected chi connectivity index (χ4v) is 4.35. The lowest BCUT2D eigenvalue weighted by Gasteiger charge is -2.10. The van der Waals surface area contributed by atoms with Crippen LogP contribution >= 0.6 is 0 Å². The van der Waals surface area contributed by atoms with Crippen LogP contribution < -0.4 is 9.47 Å². The second-order valence-electron chi connectivity index (χ2n) is 9.18. The molecule has 0 unspecified atom stereocenters. The molecule has 0 N–H and O–H groups in total. The highest BCUT2D eigenvalue weighted by Crippen LogP contribution is 2.35.